The molecule has 7 nitrogen and oxygen atoms in total. The number of fused-ring (bicyclic) bond motifs is 1. The summed E-state index contributed by atoms with van der Waals surface area (Å²) in [7, 11) is 0. The minimum Gasteiger partial charge on any atom is -0.361 e. The van der Waals surface area contributed by atoms with Crippen molar-refractivity contribution in [2.24, 2.45) is 0 Å². The van der Waals surface area contributed by atoms with Gasteiger partial charge in [-0.3, -0.25) is 10.2 Å². The van der Waals surface area contributed by atoms with Gasteiger partial charge in [0.1, 0.15) is 5.76 Å². The van der Waals surface area contributed by atoms with Gasteiger partial charge in [-0.15, -0.1) is 0 Å². The average Bonchev–Trinajstić information content (AvgIpc) is 3.26. The Bertz CT molecular complexity index is 892. The Labute approximate surface area is 151 Å². The summed E-state index contributed by atoms with van der Waals surface area (Å²) in [4.78, 5) is 19.8. The van der Waals surface area contributed by atoms with Crippen molar-refractivity contribution in [3.63, 3.8) is 0 Å². The van der Waals surface area contributed by atoms with Crippen molar-refractivity contribution < 1.29 is 9.32 Å². The van der Waals surface area contributed by atoms with Gasteiger partial charge < -0.3 is 14.4 Å². The van der Waals surface area contributed by atoms with Gasteiger partial charge in [0.05, 0.1) is 0 Å². The molecule has 0 atom stereocenters. The highest BCUT2D eigenvalue weighted by atomic mass is 16.5. The number of carbonyl (C=O) groups is 1. The maximum atomic E-state index is 12.3. The number of para-hydroxylation sites is 1. The lowest BCUT2D eigenvalue weighted by Gasteiger charge is -2.34. The molecule has 0 radical (unpaired) electrons. The van der Waals surface area contributed by atoms with E-state index in [4.69, 9.17) is 4.52 Å². The van der Waals surface area contributed by atoms with E-state index in [1.54, 1.807) is 13.0 Å². The number of piperazine rings is 1. The van der Waals surface area contributed by atoms with Gasteiger partial charge in [0.2, 0.25) is 0 Å². The van der Waals surface area contributed by atoms with Gasteiger partial charge in [-0.1, -0.05) is 23.4 Å². The highest BCUT2D eigenvalue weighted by Crippen LogP contribution is 2.18. The molecule has 26 heavy (non-hydrogen) atoms. The van der Waals surface area contributed by atoms with Crippen molar-refractivity contribution in [2.45, 2.75) is 13.3 Å². The monoisotopic (exact) mass is 353 g/mol. The maximum Gasteiger partial charge on any atom is 0.323 e. The Morgan fingerprint density at radius 3 is 2.85 bits per heavy atom. The predicted molar refractivity (Wildman–Crippen MR) is 100 cm³/mol. The highest BCUT2D eigenvalue weighted by Gasteiger charge is 2.21. The summed E-state index contributed by atoms with van der Waals surface area (Å²) in [6, 6.07) is 9.99. The summed E-state index contributed by atoms with van der Waals surface area (Å²) in [6.07, 6.45) is 3.11. The first-order valence-corrected chi connectivity index (χ1v) is 8.95. The zero-order valence-corrected chi connectivity index (χ0v) is 14.9. The normalized spacial score (nSPS) is 15.5. The molecule has 2 N–H and O–H groups in total. The fourth-order valence-electron chi connectivity index (χ4n) is 3.41. The summed E-state index contributed by atoms with van der Waals surface area (Å²) in [6.45, 7) is 6.00. The van der Waals surface area contributed by atoms with E-state index in [9.17, 15) is 4.79 Å². The van der Waals surface area contributed by atoms with E-state index >= 15 is 0 Å². The predicted octanol–water partition coefficient (Wildman–Crippen LogP) is 2.86. The molecule has 1 fully saturated rings. The molecular formula is C19H23N5O2. The molecule has 3 aromatic rings. The summed E-state index contributed by atoms with van der Waals surface area (Å²) in [5.41, 5.74) is 2.54. The van der Waals surface area contributed by atoms with E-state index in [-0.39, 0.29) is 6.03 Å². The quantitative estimate of drug-likeness (QED) is 0.756. The second kappa shape index (κ2) is 7.21. The molecule has 136 valence electrons. The molecular weight excluding hydrogens is 330 g/mol. The molecule has 1 aliphatic rings. The number of amides is 2. The van der Waals surface area contributed by atoms with Crippen LogP contribution in [0.3, 0.4) is 0 Å². The fraction of sp³-hybridized carbons (Fsp3) is 0.368. The van der Waals surface area contributed by atoms with E-state index in [0.29, 0.717) is 11.6 Å². The zero-order chi connectivity index (χ0) is 17.9. The van der Waals surface area contributed by atoms with Crippen LogP contribution < -0.4 is 5.32 Å². The van der Waals surface area contributed by atoms with Crippen molar-refractivity contribution in [1.82, 2.24) is 19.9 Å². The molecule has 1 saturated heterocycles. The van der Waals surface area contributed by atoms with Gasteiger partial charge in [-0.25, -0.2) is 4.79 Å². The second-order valence-corrected chi connectivity index (χ2v) is 6.69. The third kappa shape index (κ3) is 3.57. The standard InChI is InChI=1S/C19H23N5O2/c1-14-12-18(22-26-14)21-19(25)24-10-8-23(9-11-24)7-6-15-13-20-17-5-3-2-4-16(15)17/h2-5,12-13,20H,6-11H2,1H3,(H,21,22,25). The second-order valence-electron chi connectivity index (χ2n) is 6.69. The van der Waals surface area contributed by atoms with E-state index < -0.39 is 0 Å². The molecule has 0 unspecified atom stereocenters. The van der Waals surface area contributed by atoms with Crippen LogP contribution in [0.4, 0.5) is 10.6 Å². The number of benzene rings is 1. The smallest absolute Gasteiger partial charge is 0.323 e. The number of anilines is 1. The lowest BCUT2D eigenvalue weighted by atomic mass is 10.1. The Morgan fingerprint density at radius 1 is 1.27 bits per heavy atom. The Balaban J connectivity index is 1.26. The summed E-state index contributed by atoms with van der Waals surface area (Å²) >= 11 is 0. The number of nitrogens with zero attached hydrogens (tertiary/aromatic N) is 3. The molecule has 1 aliphatic heterocycles. The van der Waals surface area contributed by atoms with Crippen LogP contribution in [0.2, 0.25) is 0 Å². The number of carbonyl (C=O) groups excluding carboxylic acids is 1. The summed E-state index contributed by atoms with van der Waals surface area (Å²) < 4.78 is 4.97. The Morgan fingerprint density at radius 2 is 2.08 bits per heavy atom. The third-order valence-electron chi connectivity index (χ3n) is 4.89. The lowest BCUT2D eigenvalue weighted by Crippen LogP contribution is -2.50. The van der Waals surface area contributed by atoms with Crippen molar-refractivity contribution in [3.8, 4) is 0 Å². The van der Waals surface area contributed by atoms with Crippen LogP contribution >= 0.6 is 0 Å². The largest absolute Gasteiger partial charge is 0.361 e. The van der Waals surface area contributed by atoms with Crippen LogP contribution in [0.25, 0.3) is 10.9 Å². The molecule has 7 heteroatoms. The molecule has 0 spiro atoms. The van der Waals surface area contributed by atoms with Crippen molar-refractivity contribution in [2.75, 3.05) is 38.0 Å². The van der Waals surface area contributed by atoms with Gasteiger partial charge in [-0.05, 0) is 25.0 Å². The first kappa shape index (κ1) is 16.7. The molecule has 0 saturated carbocycles. The summed E-state index contributed by atoms with van der Waals surface area (Å²) in [5, 5.41) is 7.88. The molecule has 0 aliphatic carbocycles. The minimum atomic E-state index is -0.116. The van der Waals surface area contributed by atoms with Crippen molar-refractivity contribution in [3.05, 3.63) is 47.9 Å². The lowest BCUT2D eigenvalue weighted by molar-refractivity contribution is 0.148. The number of rotatable bonds is 4. The number of hydrogen-bond acceptors (Lipinski definition) is 4. The van der Waals surface area contributed by atoms with Gasteiger partial charge in [-0.2, -0.15) is 0 Å². The van der Waals surface area contributed by atoms with Gasteiger partial charge >= 0.3 is 6.03 Å². The first-order valence-electron chi connectivity index (χ1n) is 8.95. The van der Waals surface area contributed by atoms with E-state index in [1.807, 2.05) is 11.0 Å². The van der Waals surface area contributed by atoms with Gasteiger partial charge in [0, 0.05) is 55.9 Å². The zero-order valence-electron chi connectivity index (χ0n) is 14.9. The van der Waals surface area contributed by atoms with Crippen LogP contribution in [-0.4, -0.2) is 58.7 Å². The van der Waals surface area contributed by atoms with Gasteiger partial charge in [0.25, 0.3) is 0 Å². The average molecular weight is 353 g/mol. The number of aromatic amines is 1. The minimum absolute atomic E-state index is 0.116. The first-order chi connectivity index (χ1) is 12.7. The van der Waals surface area contributed by atoms with E-state index in [1.165, 1.54) is 16.5 Å². The topological polar surface area (TPSA) is 77.4 Å². The number of nitrogens with one attached hydrogen (secondary N) is 2. The SMILES string of the molecule is Cc1cc(NC(=O)N2CCN(CCc3c[nH]c4ccccc34)CC2)no1. The van der Waals surface area contributed by atoms with Crippen LogP contribution in [0.1, 0.15) is 11.3 Å². The molecule has 1 aromatic carbocycles. The maximum absolute atomic E-state index is 12.3. The van der Waals surface area contributed by atoms with Gasteiger partial charge in [0.15, 0.2) is 5.82 Å². The highest BCUT2D eigenvalue weighted by molar-refractivity contribution is 5.88. The summed E-state index contributed by atoms with van der Waals surface area (Å²) in [5.74, 6) is 1.15. The van der Waals surface area contributed by atoms with Crippen LogP contribution in [0.5, 0.6) is 0 Å². The number of H-pyrrole nitrogens is 1. The van der Waals surface area contributed by atoms with Crippen molar-refractivity contribution >= 4 is 22.8 Å². The van der Waals surface area contributed by atoms with Crippen LogP contribution in [0.15, 0.2) is 41.1 Å². The van der Waals surface area contributed by atoms with Crippen molar-refractivity contribution in [1.29, 1.82) is 0 Å². The number of aryl methyl sites for hydroxylation is 1. The number of hydrogen-bond donors (Lipinski definition) is 2. The van der Waals surface area contributed by atoms with E-state index in [2.05, 4.69) is 44.8 Å². The van der Waals surface area contributed by atoms with Crippen LogP contribution in [0, 0.1) is 6.92 Å². The molecule has 3 heterocycles. The van der Waals surface area contributed by atoms with Crippen LogP contribution in [-0.2, 0) is 6.42 Å². The number of aromatic nitrogens is 2. The number of urea groups is 1. The molecule has 4 rings (SSSR count). The molecule has 2 aromatic heterocycles. The Kier molecular flexibility index (Phi) is 4.62. The fourth-order valence-corrected chi connectivity index (χ4v) is 3.41. The third-order valence-corrected chi connectivity index (χ3v) is 4.89. The molecule has 0 bridgehead atoms. The Hall–Kier alpha value is -2.80. The van der Waals surface area contributed by atoms with E-state index in [0.717, 1.165) is 39.1 Å². The molecule has 2 amide bonds.